The number of alkyl halides is 3. The maximum atomic E-state index is 12.5. The molecule has 0 atom stereocenters. The van der Waals surface area contributed by atoms with Crippen molar-refractivity contribution in [1.82, 2.24) is 14.9 Å². The maximum absolute atomic E-state index is 12.5. The third-order valence-electron chi connectivity index (χ3n) is 3.34. The molecule has 0 aromatic carbocycles. The quantitative estimate of drug-likeness (QED) is 0.410. The lowest BCUT2D eigenvalue weighted by molar-refractivity contribution is -0.0494. The Bertz CT molecular complexity index is 488. The maximum Gasteiger partial charge on any atom is 0.511 e. The predicted molar refractivity (Wildman–Crippen MR) is 80.6 cm³/mol. The van der Waals surface area contributed by atoms with Gasteiger partial charge in [0.25, 0.3) is 0 Å². The van der Waals surface area contributed by atoms with Gasteiger partial charge >= 0.3 is 15.5 Å². The first-order valence-corrected chi connectivity index (χ1v) is 8.76. The molecule has 0 amide bonds. The second kappa shape index (κ2) is 8.69. The molecule has 1 aliphatic heterocycles. The molecule has 11 heteroatoms. The average Bonchev–Trinajstić information content (AvgIpc) is 2.47. The third kappa shape index (κ3) is 5.81. The summed E-state index contributed by atoms with van der Waals surface area (Å²) in [5, 5.41) is 6.13. The molecule has 0 radical (unpaired) electrons. The van der Waals surface area contributed by atoms with Crippen LogP contribution in [0.2, 0.25) is 0 Å². The predicted octanol–water partition coefficient (Wildman–Crippen LogP) is 0.502. The van der Waals surface area contributed by atoms with E-state index in [-0.39, 0.29) is 32.0 Å². The average molecular weight is 360 g/mol. The summed E-state index contributed by atoms with van der Waals surface area (Å²) in [4.78, 5) is 4.26. The molecule has 0 spiro atoms. The molecular formula is C12H23F3N4O3S. The van der Waals surface area contributed by atoms with Crippen LogP contribution in [0.3, 0.4) is 0 Å². The number of methoxy groups -OCH3 is 1. The summed E-state index contributed by atoms with van der Waals surface area (Å²) in [6.07, 6.45) is 0.563. The Morgan fingerprint density at radius 2 is 1.96 bits per heavy atom. The molecule has 0 aliphatic carbocycles. The van der Waals surface area contributed by atoms with E-state index in [9.17, 15) is 21.6 Å². The number of aliphatic imine (C=N–C) groups is 1. The van der Waals surface area contributed by atoms with Crippen molar-refractivity contribution in [2.45, 2.75) is 31.3 Å². The molecule has 1 aliphatic rings. The summed E-state index contributed by atoms with van der Waals surface area (Å²) in [6.45, 7) is 3.10. The van der Waals surface area contributed by atoms with Crippen LogP contribution in [0.1, 0.15) is 19.8 Å². The molecule has 1 rings (SSSR count). The van der Waals surface area contributed by atoms with Crippen molar-refractivity contribution in [3.8, 4) is 0 Å². The Kier molecular flexibility index (Phi) is 7.55. The molecule has 0 aromatic rings. The summed E-state index contributed by atoms with van der Waals surface area (Å²) in [7, 11) is -3.67. The van der Waals surface area contributed by atoms with E-state index in [1.807, 2.05) is 6.92 Å². The summed E-state index contributed by atoms with van der Waals surface area (Å²) in [6, 6.07) is -0.130. The molecule has 1 heterocycles. The van der Waals surface area contributed by atoms with Gasteiger partial charge in [0.15, 0.2) is 5.96 Å². The lowest BCUT2D eigenvalue weighted by atomic mass is 10.1. The molecule has 1 saturated heterocycles. The summed E-state index contributed by atoms with van der Waals surface area (Å²) >= 11 is 0. The van der Waals surface area contributed by atoms with Crippen LogP contribution < -0.4 is 10.6 Å². The van der Waals surface area contributed by atoms with Gasteiger partial charge in [-0.15, -0.1) is 0 Å². The lowest BCUT2D eigenvalue weighted by Crippen LogP contribution is -2.51. The number of ether oxygens (including phenoxy) is 1. The fourth-order valence-electron chi connectivity index (χ4n) is 2.15. The van der Waals surface area contributed by atoms with Crippen molar-refractivity contribution >= 4 is 16.0 Å². The van der Waals surface area contributed by atoms with Gasteiger partial charge in [0, 0.05) is 32.8 Å². The van der Waals surface area contributed by atoms with Gasteiger partial charge in [0.1, 0.15) is 0 Å². The van der Waals surface area contributed by atoms with Crippen molar-refractivity contribution in [2.24, 2.45) is 4.99 Å². The van der Waals surface area contributed by atoms with Gasteiger partial charge in [-0.05, 0) is 19.8 Å². The SMILES string of the molecule is CCNC(=NCCOC)NC1CCN(S(=O)(=O)C(F)(F)F)CC1. The highest BCUT2D eigenvalue weighted by atomic mass is 32.2. The number of sulfonamides is 1. The zero-order chi connectivity index (χ0) is 17.5. The van der Waals surface area contributed by atoms with Gasteiger partial charge in [-0.25, -0.2) is 8.42 Å². The summed E-state index contributed by atoms with van der Waals surface area (Å²) in [5.74, 6) is 0.543. The number of nitrogens with one attached hydrogen (secondary N) is 2. The Morgan fingerprint density at radius 3 is 2.43 bits per heavy atom. The van der Waals surface area contributed by atoms with Gasteiger partial charge in [0.2, 0.25) is 0 Å². The molecule has 23 heavy (non-hydrogen) atoms. The molecule has 136 valence electrons. The minimum Gasteiger partial charge on any atom is -0.383 e. The fraction of sp³-hybridized carbons (Fsp3) is 0.917. The van der Waals surface area contributed by atoms with E-state index < -0.39 is 15.5 Å². The first kappa shape index (κ1) is 20.0. The van der Waals surface area contributed by atoms with Crippen LogP contribution in [-0.2, 0) is 14.8 Å². The van der Waals surface area contributed by atoms with Crippen LogP contribution >= 0.6 is 0 Å². The number of hydrogen-bond acceptors (Lipinski definition) is 4. The van der Waals surface area contributed by atoms with Crippen molar-refractivity contribution in [2.75, 3.05) is 39.9 Å². The van der Waals surface area contributed by atoms with Crippen LogP contribution in [0, 0.1) is 0 Å². The monoisotopic (exact) mass is 360 g/mol. The Labute approximate surface area is 134 Å². The Balaban J connectivity index is 2.56. The summed E-state index contributed by atoms with van der Waals surface area (Å²) in [5.41, 5.74) is -5.25. The van der Waals surface area contributed by atoms with E-state index in [1.54, 1.807) is 7.11 Å². The lowest BCUT2D eigenvalue weighted by Gasteiger charge is -2.32. The highest BCUT2D eigenvalue weighted by Crippen LogP contribution is 2.28. The first-order valence-electron chi connectivity index (χ1n) is 7.32. The van der Waals surface area contributed by atoms with Crippen molar-refractivity contribution < 1.29 is 26.3 Å². The standard InChI is InChI=1S/C12H23F3N4O3S/c1-3-16-11(17-6-9-22-2)18-10-4-7-19(8-5-10)23(20,21)12(13,14)15/h10H,3-9H2,1-2H3,(H2,16,17,18). The van der Waals surface area contributed by atoms with Crippen LogP contribution in [0.4, 0.5) is 13.2 Å². The Hall–Kier alpha value is -1.07. The van der Waals surface area contributed by atoms with Gasteiger partial charge in [-0.2, -0.15) is 17.5 Å². The smallest absolute Gasteiger partial charge is 0.383 e. The molecule has 0 bridgehead atoms. The van der Waals surface area contributed by atoms with Crippen LogP contribution in [0.25, 0.3) is 0 Å². The molecule has 1 fully saturated rings. The normalized spacial score (nSPS) is 18.9. The van der Waals surface area contributed by atoms with E-state index >= 15 is 0 Å². The molecule has 7 nitrogen and oxygen atoms in total. The van der Waals surface area contributed by atoms with Gasteiger partial charge in [-0.1, -0.05) is 0 Å². The molecular weight excluding hydrogens is 337 g/mol. The number of hydrogen-bond donors (Lipinski definition) is 2. The van der Waals surface area contributed by atoms with E-state index in [0.29, 0.717) is 30.0 Å². The van der Waals surface area contributed by atoms with Crippen molar-refractivity contribution in [3.63, 3.8) is 0 Å². The number of piperidine rings is 1. The topological polar surface area (TPSA) is 83.0 Å². The van der Waals surface area contributed by atoms with E-state index in [2.05, 4.69) is 15.6 Å². The van der Waals surface area contributed by atoms with Gasteiger partial charge < -0.3 is 15.4 Å². The Morgan fingerprint density at radius 1 is 1.35 bits per heavy atom. The molecule has 0 aromatic heterocycles. The van der Waals surface area contributed by atoms with Crippen molar-refractivity contribution in [3.05, 3.63) is 0 Å². The number of halogens is 3. The highest BCUT2D eigenvalue weighted by molar-refractivity contribution is 7.90. The third-order valence-corrected chi connectivity index (χ3v) is 4.97. The van der Waals surface area contributed by atoms with Gasteiger partial charge in [-0.3, -0.25) is 4.99 Å². The first-order chi connectivity index (χ1) is 10.7. The van der Waals surface area contributed by atoms with Crippen LogP contribution in [-0.4, -0.2) is 70.1 Å². The minimum absolute atomic E-state index is 0.130. The number of guanidine groups is 1. The highest BCUT2D eigenvalue weighted by Gasteiger charge is 2.50. The minimum atomic E-state index is -5.25. The second-order valence-electron chi connectivity index (χ2n) is 5.02. The molecule has 2 N–H and O–H groups in total. The fourth-order valence-corrected chi connectivity index (χ4v) is 3.13. The number of nitrogens with zero attached hydrogens (tertiary/aromatic N) is 2. The zero-order valence-electron chi connectivity index (χ0n) is 13.2. The van der Waals surface area contributed by atoms with Crippen LogP contribution in [0.15, 0.2) is 4.99 Å². The van der Waals surface area contributed by atoms with Crippen molar-refractivity contribution in [1.29, 1.82) is 0 Å². The zero-order valence-corrected chi connectivity index (χ0v) is 14.0. The van der Waals surface area contributed by atoms with E-state index in [4.69, 9.17) is 4.74 Å². The van der Waals surface area contributed by atoms with Crippen LogP contribution in [0.5, 0.6) is 0 Å². The molecule has 0 unspecified atom stereocenters. The van der Waals surface area contributed by atoms with E-state index in [0.717, 1.165) is 0 Å². The molecule has 0 saturated carbocycles. The van der Waals surface area contributed by atoms with E-state index in [1.165, 1.54) is 0 Å². The van der Waals surface area contributed by atoms with Gasteiger partial charge in [0.05, 0.1) is 13.2 Å². The number of rotatable bonds is 6. The summed E-state index contributed by atoms with van der Waals surface area (Å²) < 4.78 is 65.6. The largest absolute Gasteiger partial charge is 0.511 e. The second-order valence-corrected chi connectivity index (χ2v) is 6.95.